The summed E-state index contributed by atoms with van der Waals surface area (Å²) >= 11 is 0. The number of anilines is 1. The van der Waals surface area contributed by atoms with Crippen LogP contribution in [0.1, 0.15) is 18.1 Å². The van der Waals surface area contributed by atoms with Crippen molar-refractivity contribution in [1.82, 2.24) is 4.73 Å². The summed E-state index contributed by atoms with van der Waals surface area (Å²) in [6.07, 6.45) is 3.10. The number of fused-ring (bicyclic) bond motifs is 1. The third-order valence-corrected chi connectivity index (χ3v) is 4.37. The number of amides is 1. The highest BCUT2D eigenvalue weighted by atomic mass is 16.7. The van der Waals surface area contributed by atoms with E-state index in [4.69, 9.17) is 4.84 Å². The molecule has 1 aromatic heterocycles. The zero-order chi connectivity index (χ0) is 20.3. The predicted octanol–water partition coefficient (Wildman–Crippen LogP) is 3.49. The summed E-state index contributed by atoms with van der Waals surface area (Å²) in [5.41, 5.74) is 2.93. The second-order valence-electron chi connectivity index (χ2n) is 6.33. The van der Waals surface area contributed by atoms with Gasteiger partial charge in [0.05, 0.1) is 11.7 Å². The average Bonchev–Trinajstić information content (AvgIpc) is 3.02. The summed E-state index contributed by atoms with van der Waals surface area (Å²) in [5, 5.41) is 10.4. The lowest BCUT2D eigenvalue weighted by Crippen LogP contribution is -2.27. The van der Waals surface area contributed by atoms with E-state index in [2.05, 4.69) is 0 Å². The predicted molar refractivity (Wildman–Crippen MR) is 107 cm³/mol. The number of carbonyl (C=O) groups excluding carboxylic acids is 2. The molecule has 0 aliphatic heterocycles. The average molecular weight is 373 g/mol. The van der Waals surface area contributed by atoms with Gasteiger partial charge in [-0.3, -0.25) is 4.79 Å². The summed E-state index contributed by atoms with van der Waals surface area (Å²) in [5.74, 6) is -0.881. The van der Waals surface area contributed by atoms with Gasteiger partial charge in [-0.15, -0.1) is 0 Å². The molecule has 0 atom stereocenters. The number of benzene rings is 2. The molecule has 1 heterocycles. The fraction of sp³-hybridized carbons (Fsp3) is 0.136. The van der Waals surface area contributed by atoms with Gasteiger partial charge in [0.2, 0.25) is 0 Å². The Hall–Kier alpha value is -3.85. The number of aryl methyl sites for hydroxylation is 1. The van der Waals surface area contributed by atoms with Crippen molar-refractivity contribution in [2.24, 2.45) is 0 Å². The van der Waals surface area contributed by atoms with Gasteiger partial charge in [-0.1, -0.05) is 36.4 Å². The van der Waals surface area contributed by atoms with Gasteiger partial charge >= 0.3 is 5.97 Å². The van der Waals surface area contributed by atoms with Crippen LogP contribution in [0.25, 0.3) is 17.0 Å². The standard InChI is InChI=1S/C22H19N3O3/c1-15-8-4-6-10-20(15)24(3)22(27)17(13-23)12-18-14-25(28-16(2)26)21-11-7-5-9-19(18)21/h4-12,14H,1-3H3/b17-12+. The Balaban J connectivity index is 2.04. The van der Waals surface area contributed by atoms with Crippen LogP contribution in [0.3, 0.4) is 0 Å². The first-order valence-electron chi connectivity index (χ1n) is 8.67. The number of hydrogen-bond donors (Lipinski definition) is 0. The van der Waals surface area contributed by atoms with E-state index in [1.165, 1.54) is 22.6 Å². The fourth-order valence-corrected chi connectivity index (χ4v) is 3.03. The van der Waals surface area contributed by atoms with Gasteiger partial charge in [-0.05, 0) is 30.7 Å². The molecule has 0 aliphatic carbocycles. The molecule has 6 heteroatoms. The van der Waals surface area contributed by atoms with Crippen molar-refractivity contribution >= 4 is 34.5 Å². The van der Waals surface area contributed by atoms with E-state index in [1.54, 1.807) is 19.3 Å². The van der Waals surface area contributed by atoms with Crippen molar-refractivity contribution in [1.29, 1.82) is 5.26 Å². The lowest BCUT2D eigenvalue weighted by atomic mass is 10.1. The van der Waals surface area contributed by atoms with Gasteiger partial charge in [-0.25, -0.2) is 4.79 Å². The molecule has 0 saturated heterocycles. The molecule has 3 rings (SSSR count). The van der Waals surface area contributed by atoms with Crippen LogP contribution in [0.2, 0.25) is 0 Å². The number of likely N-dealkylation sites (N-methyl/N-ethyl adjacent to an activating group) is 1. The Morgan fingerprint density at radius 3 is 2.50 bits per heavy atom. The highest BCUT2D eigenvalue weighted by Crippen LogP contribution is 2.25. The van der Waals surface area contributed by atoms with Crippen LogP contribution >= 0.6 is 0 Å². The van der Waals surface area contributed by atoms with Crippen LogP contribution in [0.5, 0.6) is 0 Å². The van der Waals surface area contributed by atoms with Gasteiger partial charge < -0.3 is 9.74 Å². The molecule has 3 aromatic rings. The summed E-state index contributed by atoms with van der Waals surface area (Å²) < 4.78 is 1.34. The molecule has 1 amide bonds. The first-order valence-corrected chi connectivity index (χ1v) is 8.67. The van der Waals surface area contributed by atoms with Gasteiger partial charge in [0.25, 0.3) is 5.91 Å². The molecule has 28 heavy (non-hydrogen) atoms. The largest absolute Gasteiger partial charge is 0.337 e. The number of para-hydroxylation sites is 2. The molecular weight excluding hydrogens is 354 g/mol. The highest BCUT2D eigenvalue weighted by Gasteiger charge is 2.19. The van der Waals surface area contributed by atoms with Gasteiger partial charge in [0.1, 0.15) is 11.6 Å². The molecule has 0 bridgehead atoms. The van der Waals surface area contributed by atoms with Crippen LogP contribution in [-0.2, 0) is 9.59 Å². The molecular formula is C22H19N3O3. The molecule has 140 valence electrons. The van der Waals surface area contributed by atoms with Crippen LogP contribution < -0.4 is 9.74 Å². The van der Waals surface area contributed by atoms with Crippen molar-refractivity contribution in [3.05, 3.63) is 71.4 Å². The van der Waals surface area contributed by atoms with Crippen molar-refractivity contribution in [3.63, 3.8) is 0 Å². The first-order chi connectivity index (χ1) is 13.4. The van der Waals surface area contributed by atoms with Crippen LogP contribution in [0.4, 0.5) is 5.69 Å². The molecule has 0 spiro atoms. The lowest BCUT2D eigenvalue weighted by Gasteiger charge is -2.18. The number of rotatable bonds is 4. The Labute approximate surface area is 162 Å². The van der Waals surface area contributed by atoms with E-state index in [9.17, 15) is 14.9 Å². The third kappa shape index (κ3) is 3.64. The molecule has 0 saturated carbocycles. The van der Waals surface area contributed by atoms with E-state index in [-0.39, 0.29) is 5.57 Å². The number of aromatic nitrogens is 1. The van der Waals surface area contributed by atoms with Crippen LogP contribution in [-0.4, -0.2) is 23.7 Å². The maximum atomic E-state index is 12.9. The Kier molecular flexibility index (Phi) is 5.28. The van der Waals surface area contributed by atoms with Gasteiger partial charge in [-0.2, -0.15) is 9.99 Å². The number of nitrogens with zero attached hydrogens (tertiary/aromatic N) is 3. The maximum Gasteiger partial charge on any atom is 0.329 e. The number of carbonyl (C=O) groups is 2. The zero-order valence-corrected chi connectivity index (χ0v) is 15.8. The molecule has 0 radical (unpaired) electrons. The van der Waals surface area contributed by atoms with Crippen molar-refractivity contribution in [2.45, 2.75) is 13.8 Å². The second kappa shape index (κ2) is 7.80. The lowest BCUT2D eigenvalue weighted by molar-refractivity contribution is -0.140. The van der Waals surface area contributed by atoms with Crippen molar-refractivity contribution in [2.75, 3.05) is 11.9 Å². The van der Waals surface area contributed by atoms with E-state index in [0.717, 1.165) is 16.6 Å². The molecule has 0 unspecified atom stereocenters. The highest BCUT2D eigenvalue weighted by molar-refractivity contribution is 6.12. The van der Waals surface area contributed by atoms with Crippen molar-refractivity contribution < 1.29 is 14.4 Å². The first kappa shape index (κ1) is 18.9. The topological polar surface area (TPSA) is 75.3 Å². The molecule has 6 nitrogen and oxygen atoms in total. The fourth-order valence-electron chi connectivity index (χ4n) is 3.03. The number of nitriles is 1. The quantitative estimate of drug-likeness (QED) is 0.518. The van der Waals surface area contributed by atoms with E-state index in [1.807, 2.05) is 55.5 Å². The second-order valence-corrected chi connectivity index (χ2v) is 6.33. The summed E-state index contributed by atoms with van der Waals surface area (Å²) in [6, 6.07) is 16.7. The van der Waals surface area contributed by atoms with Crippen LogP contribution in [0, 0.1) is 18.3 Å². The van der Waals surface area contributed by atoms with Crippen molar-refractivity contribution in [3.8, 4) is 6.07 Å². The number of hydrogen-bond acceptors (Lipinski definition) is 4. The van der Waals surface area contributed by atoms with E-state index in [0.29, 0.717) is 11.1 Å². The molecule has 0 fully saturated rings. The monoisotopic (exact) mass is 373 g/mol. The minimum absolute atomic E-state index is 0.0171. The minimum Gasteiger partial charge on any atom is -0.337 e. The summed E-state index contributed by atoms with van der Waals surface area (Å²) in [7, 11) is 1.64. The molecule has 2 aromatic carbocycles. The van der Waals surface area contributed by atoms with Gasteiger partial charge in [0.15, 0.2) is 0 Å². The maximum absolute atomic E-state index is 12.9. The van der Waals surface area contributed by atoms with E-state index >= 15 is 0 Å². The van der Waals surface area contributed by atoms with Gasteiger partial charge in [0, 0.05) is 30.6 Å². The normalized spacial score (nSPS) is 11.1. The Morgan fingerprint density at radius 1 is 1.14 bits per heavy atom. The Bertz CT molecular complexity index is 1140. The Morgan fingerprint density at radius 2 is 1.82 bits per heavy atom. The van der Waals surface area contributed by atoms with Crippen LogP contribution in [0.15, 0.2) is 60.3 Å². The zero-order valence-electron chi connectivity index (χ0n) is 15.8. The van der Waals surface area contributed by atoms with E-state index < -0.39 is 11.9 Å². The minimum atomic E-state index is -0.466. The third-order valence-electron chi connectivity index (χ3n) is 4.37. The molecule has 0 N–H and O–H groups in total. The molecule has 0 aliphatic rings. The summed E-state index contributed by atoms with van der Waals surface area (Å²) in [4.78, 5) is 30.9. The SMILES string of the molecule is CC(=O)On1cc(/C=C(\C#N)C(=O)N(C)c2ccccc2C)c2ccccc21. The smallest absolute Gasteiger partial charge is 0.329 e. The summed E-state index contributed by atoms with van der Waals surface area (Å²) in [6.45, 7) is 3.22.